The number of benzene rings is 2. The number of fused-ring (bicyclic) bond motifs is 1. The van der Waals surface area contributed by atoms with Crippen LogP contribution in [0.3, 0.4) is 0 Å². The Morgan fingerprint density at radius 3 is 2.79 bits per heavy atom. The molecule has 1 heterocycles. The fourth-order valence-electron chi connectivity index (χ4n) is 2.27. The molecule has 1 N–H and O–H groups in total. The van der Waals surface area contributed by atoms with E-state index in [-0.39, 0.29) is 12.5 Å². The summed E-state index contributed by atoms with van der Waals surface area (Å²) >= 11 is 0. The number of hydrogen-bond acceptors (Lipinski definition) is 5. The Morgan fingerprint density at radius 2 is 2.00 bits per heavy atom. The van der Waals surface area contributed by atoms with Crippen LogP contribution in [-0.2, 0) is 4.79 Å². The van der Waals surface area contributed by atoms with Gasteiger partial charge in [-0.1, -0.05) is 24.3 Å². The minimum atomic E-state index is -0.734. The van der Waals surface area contributed by atoms with Crippen molar-refractivity contribution in [2.45, 2.75) is 13.0 Å². The van der Waals surface area contributed by atoms with E-state index in [1.165, 1.54) is 0 Å². The molecule has 1 aliphatic heterocycles. The van der Waals surface area contributed by atoms with E-state index in [1.807, 2.05) is 43.3 Å². The summed E-state index contributed by atoms with van der Waals surface area (Å²) < 4.78 is 16.4. The lowest BCUT2D eigenvalue weighted by molar-refractivity contribution is -0.130. The van der Waals surface area contributed by atoms with E-state index < -0.39 is 6.10 Å². The number of para-hydroxylation sites is 2. The second-order valence-electron chi connectivity index (χ2n) is 5.27. The van der Waals surface area contributed by atoms with E-state index in [4.69, 9.17) is 14.2 Å². The Hall–Kier alpha value is -3.02. The van der Waals surface area contributed by atoms with E-state index in [1.54, 1.807) is 19.2 Å². The van der Waals surface area contributed by atoms with Gasteiger partial charge in [-0.3, -0.25) is 4.79 Å². The van der Waals surface area contributed by atoms with E-state index in [0.29, 0.717) is 17.2 Å². The SMILES string of the molecule is COc1cccc(/C(C)=N\NC(=O)[C@@H]2COc3ccccc3O2)c1. The molecule has 0 unspecified atom stereocenters. The maximum Gasteiger partial charge on any atom is 0.284 e. The minimum Gasteiger partial charge on any atom is -0.497 e. The summed E-state index contributed by atoms with van der Waals surface area (Å²) in [6.45, 7) is 1.96. The van der Waals surface area contributed by atoms with Gasteiger partial charge in [0.1, 0.15) is 12.4 Å². The van der Waals surface area contributed by atoms with Gasteiger partial charge in [-0.2, -0.15) is 5.10 Å². The third-order valence-corrected chi connectivity index (χ3v) is 3.62. The molecule has 2 aromatic rings. The van der Waals surface area contributed by atoms with Crippen LogP contribution in [0.4, 0.5) is 0 Å². The number of amides is 1. The molecule has 1 amide bonds. The Labute approximate surface area is 140 Å². The average Bonchev–Trinajstić information content (AvgIpc) is 2.65. The molecule has 6 nitrogen and oxygen atoms in total. The van der Waals surface area contributed by atoms with Crippen LogP contribution in [0.1, 0.15) is 12.5 Å². The molecule has 0 aliphatic carbocycles. The zero-order valence-electron chi connectivity index (χ0n) is 13.5. The van der Waals surface area contributed by atoms with Crippen LogP contribution in [-0.4, -0.2) is 31.4 Å². The van der Waals surface area contributed by atoms with Crippen LogP contribution in [0.25, 0.3) is 0 Å². The first kappa shape index (κ1) is 15.9. The third kappa shape index (κ3) is 3.48. The lowest BCUT2D eigenvalue weighted by Gasteiger charge is -2.24. The summed E-state index contributed by atoms with van der Waals surface area (Å²) in [4.78, 5) is 12.2. The third-order valence-electron chi connectivity index (χ3n) is 3.62. The van der Waals surface area contributed by atoms with Gasteiger partial charge in [0, 0.05) is 5.56 Å². The van der Waals surface area contributed by atoms with Gasteiger partial charge in [-0.15, -0.1) is 0 Å². The van der Waals surface area contributed by atoms with Gasteiger partial charge in [-0.25, -0.2) is 5.43 Å². The van der Waals surface area contributed by atoms with Gasteiger partial charge in [0.15, 0.2) is 11.5 Å². The zero-order valence-corrected chi connectivity index (χ0v) is 13.5. The number of hydrogen-bond donors (Lipinski definition) is 1. The van der Waals surface area contributed by atoms with Crippen molar-refractivity contribution in [1.82, 2.24) is 5.43 Å². The molecule has 0 radical (unpaired) electrons. The maximum atomic E-state index is 12.2. The molecular formula is C18H18N2O4. The number of hydrazone groups is 1. The number of carbonyl (C=O) groups is 1. The Kier molecular flexibility index (Phi) is 4.65. The van der Waals surface area contributed by atoms with Crippen molar-refractivity contribution in [2.24, 2.45) is 5.10 Å². The normalized spacial score (nSPS) is 16.4. The number of carbonyl (C=O) groups excluding carboxylic acids is 1. The van der Waals surface area contributed by atoms with Crippen LogP contribution in [0.5, 0.6) is 17.2 Å². The van der Waals surface area contributed by atoms with Crippen LogP contribution in [0.2, 0.25) is 0 Å². The predicted molar refractivity (Wildman–Crippen MR) is 89.7 cm³/mol. The molecule has 3 rings (SSSR count). The summed E-state index contributed by atoms with van der Waals surface area (Å²) in [6.07, 6.45) is -0.734. The molecule has 0 aromatic heterocycles. The second-order valence-corrected chi connectivity index (χ2v) is 5.27. The zero-order chi connectivity index (χ0) is 16.9. The number of methoxy groups -OCH3 is 1. The Balaban J connectivity index is 1.65. The topological polar surface area (TPSA) is 69.2 Å². The molecule has 0 saturated heterocycles. The largest absolute Gasteiger partial charge is 0.497 e. The van der Waals surface area contributed by atoms with Crippen LogP contribution < -0.4 is 19.6 Å². The lowest BCUT2D eigenvalue weighted by atomic mass is 10.1. The molecule has 0 fully saturated rings. The van der Waals surface area contributed by atoms with Crippen molar-refractivity contribution in [3.05, 3.63) is 54.1 Å². The second kappa shape index (κ2) is 7.04. The molecule has 124 valence electrons. The molecule has 1 atom stereocenters. The standard InChI is InChI=1S/C18H18N2O4/c1-12(13-6-5-7-14(10-13)22-2)19-20-18(21)17-11-23-15-8-3-4-9-16(15)24-17/h3-10,17H,11H2,1-2H3,(H,20,21)/b19-12-/t17-/m0/s1. The first-order valence-corrected chi connectivity index (χ1v) is 7.54. The highest BCUT2D eigenvalue weighted by atomic mass is 16.6. The van der Waals surface area contributed by atoms with E-state index in [2.05, 4.69) is 10.5 Å². The molecule has 24 heavy (non-hydrogen) atoms. The van der Waals surface area contributed by atoms with Crippen molar-refractivity contribution < 1.29 is 19.0 Å². The predicted octanol–water partition coefficient (Wildman–Crippen LogP) is 2.38. The first-order chi connectivity index (χ1) is 11.7. The molecule has 0 saturated carbocycles. The minimum absolute atomic E-state index is 0.149. The average molecular weight is 326 g/mol. The maximum absolute atomic E-state index is 12.2. The highest BCUT2D eigenvalue weighted by molar-refractivity contribution is 5.99. The fourth-order valence-corrected chi connectivity index (χ4v) is 2.27. The van der Waals surface area contributed by atoms with Gasteiger partial charge < -0.3 is 14.2 Å². The molecule has 0 bridgehead atoms. The van der Waals surface area contributed by atoms with Crippen LogP contribution in [0, 0.1) is 0 Å². The van der Waals surface area contributed by atoms with Gasteiger partial charge >= 0.3 is 0 Å². The van der Waals surface area contributed by atoms with Gasteiger partial charge in [0.2, 0.25) is 6.10 Å². The molecule has 2 aromatic carbocycles. The quantitative estimate of drug-likeness (QED) is 0.692. The van der Waals surface area contributed by atoms with Crippen molar-refractivity contribution in [3.63, 3.8) is 0 Å². The van der Waals surface area contributed by atoms with Crippen LogP contribution in [0.15, 0.2) is 53.6 Å². The van der Waals surface area contributed by atoms with Crippen molar-refractivity contribution in [2.75, 3.05) is 13.7 Å². The number of nitrogens with zero attached hydrogens (tertiary/aromatic N) is 1. The number of ether oxygens (including phenoxy) is 3. The van der Waals surface area contributed by atoms with Crippen molar-refractivity contribution in [3.8, 4) is 17.2 Å². The number of nitrogens with one attached hydrogen (secondary N) is 1. The van der Waals surface area contributed by atoms with E-state index in [9.17, 15) is 4.79 Å². The highest BCUT2D eigenvalue weighted by Gasteiger charge is 2.27. The smallest absolute Gasteiger partial charge is 0.284 e. The van der Waals surface area contributed by atoms with E-state index >= 15 is 0 Å². The monoisotopic (exact) mass is 326 g/mol. The van der Waals surface area contributed by atoms with Gasteiger partial charge in [-0.05, 0) is 31.2 Å². The molecule has 0 spiro atoms. The lowest BCUT2D eigenvalue weighted by Crippen LogP contribution is -2.42. The van der Waals surface area contributed by atoms with Gasteiger partial charge in [0.25, 0.3) is 5.91 Å². The molecule has 6 heteroatoms. The summed E-state index contributed by atoms with van der Waals surface area (Å²) in [5.41, 5.74) is 4.05. The molecular weight excluding hydrogens is 308 g/mol. The first-order valence-electron chi connectivity index (χ1n) is 7.54. The molecule has 1 aliphatic rings. The Morgan fingerprint density at radius 1 is 1.21 bits per heavy atom. The van der Waals surface area contributed by atoms with E-state index in [0.717, 1.165) is 11.3 Å². The highest BCUT2D eigenvalue weighted by Crippen LogP contribution is 2.30. The van der Waals surface area contributed by atoms with Crippen molar-refractivity contribution in [1.29, 1.82) is 0 Å². The van der Waals surface area contributed by atoms with Crippen LogP contribution >= 0.6 is 0 Å². The van der Waals surface area contributed by atoms with Crippen molar-refractivity contribution >= 4 is 11.6 Å². The summed E-state index contributed by atoms with van der Waals surface area (Å²) in [5, 5.41) is 4.13. The number of rotatable bonds is 4. The summed E-state index contributed by atoms with van der Waals surface area (Å²) in [6, 6.07) is 14.7. The summed E-state index contributed by atoms with van der Waals surface area (Å²) in [5.74, 6) is 1.57. The fraction of sp³-hybridized carbons (Fsp3) is 0.222. The summed E-state index contributed by atoms with van der Waals surface area (Å²) in [7, 11) is 1.60. The van der Waals surface area contributed by atoms with Gasteiger partial charge in [0.05, 0.1) is 12.8 Å². The Bertz CT molecular complexity index is 773.